The van der Waals surface area contributed by atoms with Crippen LogP contribution in [0.25, 0.3) is 0 Å². The van der Waals surface area contributed by atoms with Crippen molar-refractivity contribution < 1.29 is 9.47 Å². The van der Waals surface area contributed by atoms with Gasteiger partial charge in [-0.05, 0) is 42.3 Å². The van der Waals surface area contributed by atoms with Crippen molar-refractivity contribution in [1.29, 1.82) is 0 Å². The molecule has 4 heteroatoms. The van der Waals surface area contributed by atoms with Gasteiger partial charge in [0.15, 0.2) is 0 Å². The lowest BCUT2D eigenvalue weighted by atomic mass is 10.1. The predicted octanol–water partition coefficient (Wildman–Crippen LogP) is 4.20. The van der Waals surface area contributed by atoms with Crippen LogP contribution in [0.3, 0.4) is 0 Å². The third kappa shape index (κ3) is 2.41. The van der Waals surface area contributed by atoms with E-state index >= 15 is 0 Å². The van der Waals surface area contributed by atoms with Gasteiger partial charge in [-0.1, -0.05) is 23.7 Å². The van der Waals surface area contributed by atoms with Gasteiger partial charge in [0.2, 0.25) is 0 Å². The zero-order valence-corrected chi connectivity index (χ0v) is 12.2. The minimum atomic E-state index is -0.0301. The first-order valence-corrected chi connectivity index (χ1v) is 6.90. The van der Waals surface area contributed by atoms with E-state index in [9.17, 15) is 0 Å². The van der Waals surface area contributed by atoms with Gasteiger partial charge in [0.05, 0.1) is 19.3 Å². The van der Waals surface area contributed by atoms with Crippen LogP contribution < -0.4 is 14.8 Å². The maximum Gasteiger partial charge on any atom is 0.146 e. The Morgan fingerprint density at radius 2 is 2.15 bits per heavy atom. The average molecular weight is 290 g/mol. The van der Waals surface area contributed by atoms with Gasteiger partial charge < -0.3 is 14.8 Å². The quantitative estimate of drug-likeness (QED) is 0.898. The van der Waals surface area contributed by atoms with Gasteiger partial charge in [-0.3, -0.25) is 0 Å². The number of hydrogen-bond acceptors (Lipinski definition) is 3. The van der Waals surface area contributed by atoms with E-state index in [1.165, 1.54) is 0 Å². The van der Waals surface area contributed by atoms with Crippen molar-refractivity contribution in [3.63, 3.8) is 0 Å². The summed E-state index contributed by atoms with van der Waals surface area (Å²) >= 11 is 6.06. The van der Waals surface area contributed by atoms with Gasteiger partial charge in [0.25, 0.3) is 0 Å². The molecule has 0 aliphatic carbocycles. The molecule has 20 heavy (non-hydrogen) atoms. The Kier molecular flexibility index (Phi) is 3.45. The summed E-state index contributed by atoms with van der Waals surface area (Å²) in [6.45, 7) is 2.71. The van der Waals surface area contributed by atoms with E-state index in [-0.39, 0.29) is 6.10 Å². The fourth-order valence-corrected chi connectivity index (χ4v) is 2.70. The average Bonchev–Trinajstić information content (AvgIpc) is 2.47. The van der Waals surface area contributed by atoms with Crippen molar-refractivity contribution in [1.82, 2.24) is 0 Å². The van der Waals surface area contributed by atoms with Crippen LogP contribution in [0, 0.1) is 6.92 Å². The largest absolute Gasteiger partial charge is 0.497 e. The lowest BCUT2D eigenvalue weighted by Crippen LogP contribution is -2.24. The molecule has 0 spiro atoms. The number of anilines is 1. The fraction of sp³-hybridized carbons (Fsp3) is 0.250. The molecule has 1 aliphatic heterocycles. The molecule has 3 rings (SSSR count). The number of benzene rings is 2. The van der Waals surface area contributed by atoms with Gasteiger partial charge in [0, 0.05) is 5.02 Å². The van der Waals surface area contributed by atoms with Crippen molar-refractivity contribution >= 4 is 17.3 Å². The van der Waals surface area contributed by atoms with Crippen LogP contribution in [0.5, 0.6) is 11.5 Å². The predicted molar refractivity (Wildman–Crippen MR) is 81.0 cm³/mol. The van der Waals surface area contributed by atoms with Crippen LogP contribution >= 0.6 is 11.6 Å². The zero-order valence-electron chi connectivity index (χ0n) is 11.4. The smallest absolute Gasteiger partial charge is 0.146 e. The lowest BCUT2D eigenvalue weighted by Gasteiger charge is -2.29. The molecular weight excluding hydrogens is 274 g/mol. The van der Waals surface area contributed by atoms with Crippen LogP contribution in [0.15, 0.2) is 36.4 Å². The standard InChI is InChI=1S/C16H16ClNO2/c1-10-6-12(17)8-14-16(10)20-15(9-18-14)11-4-3-5-13(7-11)19-2/h3-8,15,18H,9H2,1-2H3. The van der Waals surface area contributed by atoms with Gasteiger partial charge in [-0.2, -0.15) is 0 Å². The maximum atomic E-state index is 6.13. The highest BCUT2D eigenvalue weighted by Gasteiger charge is 2.23. The summed E-state index contributed by atoms with van der Waals surface area (Å²) in [6.07, 6.45) is -0.0301. The second-order valence-corrected chi connectivity index (χ2v) is 5.30. The molecule has 0 saturated heterocycles. The molecule has 1 heterocycles. The summed E-state index contributed by atoms with van der Waals surface area (Å²) in [5.74, 6) is 1.71. The lowest BCUT2D eigenvalue weighted by molar-refractivity contribution is 0.208. The number of aryl methyl sites for hydroxylation is 1. The summed E-state index contributed by atoms with van der Waals surface area (Å²) in [7, 11) is 1.67. The normalized spacial score (nSPS) is 16.9. The van der Waals surface area contributed by atoms with Crippen molar-refractivity contribution in [3.05, 3.63) is 52.5 Å². The summed E-state index contributed by atoms with van der Waals surface area (Å²) in [6, 6.07) is 11.8. The fourth-order valence-electron chi connectivity index (χ4n) is 2.43. The highest BCUT2D eigenvalue weighted by molar-refractivity contribution is 6.31. The van der Waals surface area contributed by atoms with Crippen molar-refractivity contribution in [2.24, 2.45) is 0 Å². The first-order chi connectivity index (χ1) is 9.67. The van der Waals surface area contributed by atoms with Gasteiger partial charge in [-0.15, -0.1) is 0 Å². The topological polar surface area (TPSA) is 30.5 Å². The summed E-state index contributed by atoms with van der Waals surface area (Å²) < 4.78 is 11.4. The number of rotatable bonds is 2. The Morgan fingerprint density at radius 3 is 2.95 bits per heavy atom. The van der Waals surface area contributed by atoms with E-state index in [4.69, 9.17) is 21.1 Å². The summed E-state index contributed by atoms with van der Waals surface area (Å²) in [5, 5.41) is 4.10. The van der Waals surface area contributed by atoms with E-state index in [1.54, 1.807) is 7.11 Å². The minimum absolute atomic E-state index is 0.0301. The van der Waals surface area contributed by atoms with E-state index < -0.39 is 0 Å². The number of methoxy groups -OCH3 is 1. The highest BCUT2D eigenvalue weighted by Crippen LogP contribution is 2.39. The van der Waals surface area contributed by atoms with Crippen molar-refractivity contribution in [3.8, 4) is 11.5 Å². The molecule has 2 aromatic rings. The first-order valence-electron chi connectivity index (χ1n) is 6.52. The second kappa shape index (κ2) is 5.25. The molecule has 2 aromatic carbocycles. The van der Waals surface area contributed by atoms with E-state index in [0.717, 1.165) is 33.3 Å². The first kappa shape index (κ1) is 13.1. The second-order valence-electron chi connectivity index (χ2n) is 4.86. The van der Waals surface area contributed by atoms with E-state index in [2.05, 4.69) is 5.32 Å². The highest BCUT2D eigenvalue weighted by atomic mass is 35.5. The van der Waals surface area contributed by atoms with Crippen LogP contribution in [0.4, 0.5) is 5.69 Å². The van der Waals surface area contributed by atoms with E-state index in [0.29, 0.717) is 6.54 Å². The number of hydrogen-bond donors (Lipinski definition) is 1. The van der Waals surface area contributed by atoms with Gasteiger partial charge in [0.1, 0.15) is 17.6 Å². The van der Waals surface area contributed by atoms with Crippen molar-refractivity contribution in [2.45, 2.75) is 13.0 Å². The number of nitrogens with one attached hydrogen (secondary N) is 1. The molecule has 0 saturated carbocycles. The Balaban J connectivity index is 1.91. The maximum absolute atomic E-state index is 6.13. The number of fused-ring (bicyclic) bond motifs is 1. The molecule has 104 valence electrons. The van der Waals surface area contributed by atoms with Crippen molar-refractivity contribution in [2.75, 3.05) is 19.0 Å². The van der Waals surface area contributed by atoms with Crippen LogP contribution in [-0.4, -0.2) is 13.7 Å². The van der Waals surface area contributed by atoms with Gasteiger partial charge in [-0.25, -0.2) is 0 Å². The Hall–Kier alpha value is -1.87. The molecule has 1 N–H and O–H groups in total. The third-order valence-electron chi connectivity index (χ3n) is 3.44. The molecule has 3 nitrogen and oxygen atoms in total. The number of ether oxygens (including phenoxy) is 2. The molecular formula is C16H16ClNO2. The molecule has 0 bridgehead atoms. The molecule has 0 radical (unpaired) electrons. The zero-order chi connectivity index (χ0) is 14.1. The van der Waals surface area contributed by atoms with E-state index in [1.807, 2.05) is 43.3 Å². The Bertz CT molecular complexity index is 642. The molecule has 0 fully saturated rings. The molecule has 0 amide bonds. The molecule has 1 unspecified atom stereocenters. The molecule has 0 aromatic heterocycles. The van der Waals surface area contributed by atoms with Crippen LogP contribution in [0.2, 0.25) is 5.02 Å². The summed E-state index contributed by atoms with van der Waals surface area (Å²) in [4.78, 5) is 0. The van der Waals surface area contributed by atoms with Crippen LogP contribution in [-0.2, 0) is 0 Å². The number of halogens is 1. The molecule has 1 atom stereocenters. The third-order valence-corrected chi connectivity index (χ3v) is 3.66. The van der Waals surface area contributed by atoms with Crippen LogP contribution in [0.1, 0.15) is 17.2 Å². The molecule has 1 aliphatic rings. The summed E-state index contributed by atoms with van der Waals surface area (Å²) in [5.41, 5.74) is 3.08. The SMILES string of the molecule is COc1cccc(C2CNc3cc(Cl)cc(C)c3O2)c1. The Morgan fingerprint density at radius 1 is 1.30 bits per heavy atom. The minimum Gasteiger partial charge on any atom is -0.497 e. The Labute approximate surface area is 123 Å². The monoisotopic (exact) mass is 289 g/mol. The van der Waals surface area contributed by atoms with Gasteiger partial charge >= 0.3 is 0 Å².